The number of hydrogen-bond acceptors (Lipinski definition) is 1. The summed E-state index contributed by atoms with van der Waals surface area (Å²) in [5.41, 5.74) is 0. The maximum Gasteiger partial charge on any atom is 0.132 e. The number of benzene rings is 4. The van der Waals surface area contributed by atoms with Crippen LogP contribution in [0.15, 0.2) is 97.1 Å². The third-order valence-corrected chi connectivity index (χ3v) is 11.3. The first-order chi connectivity index (χ1) is 16.4. The predicted octanol–water partition coefficient (Wildman–Crippen LogP) is 6.35. The fourth-order valence-corrected chi connectivity index (χ4v) is 9.96. The first-order valence-electron chi connectivity index (χ1n) is 10.8. The summed E-state index contributed by atoms with van der Waals surface area (Å²) < 4.78 is 62.8. The van der Waals surface area contributed by atoms with Crippen LogP contribution in [0.2, 0.25) is 0 Å². The summed E-state index contributed by atoms with van der Waals surface area (Å²) in [6.45, 7) is 3.77. The second kappa shape index (κ2) is 10.8. The minimum absolute atomic E-state index is 0.296. The summed E-state index contributed by atoms with van der Waals surface area (Å²) in [5, 5.41) is 1.21. The average molecular weight is 499 g/mol. The van der Waals surface area contributed by atoms with Gasteiger partial charge in [0, 0.05) is 43.4 Å². The maximum atomic E-state index is 15.2. The van der Waals surface area contributed by atoms with Crippen LogP contribution in [0.25, 0.3) is 0 Å². The van der Waals surface area contributed by atoms with E-state index in [0.717, 1.165) is 0 Å². The monoisotopic (exact) mass is 499 g/mol. The van der Waals surface area contributed by atoms with Crippen LogP contribution in [0.5, 0.6) is 0 Å². The van der Waals surface area contributed by atoms with Crippen LogP contribution in [0.1, 0.15) is 13.8 Å². The highest BCUT2D eigenvalue weighted by atomic mass is 31.2. The van der Waals surface area contributed by atoms with E-state index in [1.54, 1.807) is 72.8 Å². The summed E-state index contributed by atoms with van der Waals surface area (Å²) in [7, 11) is -3.66. The normalized spacial score (nSPS) is 11.7. The first-order valence-corrected chi connectivity index (χ1v) is 13.4. The zero-order valence-corrected chi connectivity index (χ0v) is 20.5. The summed E-state index contributed by atoms with van der Waals surface area (Å²) in [4.78, 5) is 0. The van der Waals surface area contributed by atoms with Crippen LogP contribution in [-0.2, 0) is 0 Å². The molecule has 0 bridgehead atoms. The van der Waals surface area contributed by atoms with Crippen molar-refractivity contribution in [3.05, 3.63) is 120 Å². The first kappa shape index (κ1) is 24.5. The zero-order valence-electron chi connectivity index (χ0n) is 18.7. The molecule has 0 saturated heterocycles. The summed E-state index contributed by atoms with van der Waals surface area (Å²) in [6.07, 6.45) is 0. The van der Waals surface area contributed by atoms with Gasteiger partial charge in [0.05, 0.1) is 0 Å². The van der Waals surface area contributed by atoms with Gasteiger partial charge in [0.1, 0.15) is 23.3 Å². The lowest BCUT2D eigenvalue weighted by molar-refractivity contribution is 0.574. The highest BCUT2D eigenvalue weighted by molar-refractivity contribution is 7.84. The molecule has 0 saturated carbocycles. The third-order valence-electron chi connectivity index (χ3n) is 5.19. The molecule has 0 aliphatic carbocycles. The van der Waals surface area contributed by atoms with Gasteiger partial charge in [-0.3, -0.25) is 0 Å². The lowest BCUT2D eigenvalue weighted by Crippen LogP contribution is -2.38. The Balaban J connectivity index is 2.05. The lowest BCUT2D eigenvalue weighted by Gasteiger charge is -2.41. The molecular weight excluding hydrogens is 476 g/mol. The summed E-state index contributed by atoms with van der Waals surface area (Å²) in [6, 6.07) is 24.6. The molecule has 0 heterocycles. The Morgan fingerprint density at radius 1 is 0.471 bits per heavy atom. The molecule has 0 N–H and O–H groups in total. The Morgan fingerprint density at radius 3 is 0.912 bits per heavy atom. The van der Waals surface area contributed by atoms with Gasteiger partial charge >= 0.3 is 0 Å². The number of hydrogen-bond donors (Lipinski definition) is 0. The SMILES string of the molecule is CC(C)N(P(c1ccccc1F)c1ccccc1F)P(c1ccccc1F)c1ccccc1F. The van der Waals surface area contributed by atoms with Crippen molar-refractivity contribution in [3.8, 4) is 0 Å². The minimum Gasteiger partial charge on any atom is -0.242 e. The van der Waals surface area contributed by atoms with Gasteiger partial charge in [-0.25, -0.2) is 22.0 Å². The van der Waals surface area contributed by atoms with Gasteiger partial charge in [-0.1, -0.05) is 48.5 Å². The van der Waals surface area contributed by atoms with Crippen LogP contribution < -0.4 is 21.2 Å². The molecule has 1 nitrogen and oxygen atoms in total. The molecule has 4 rings (SSSR count). The molecular formula is C27H23F4NP2. The second-order valence-electron chi connectivity index (χ2n) is 7.84. The van der Waals surface area contributed by atoms with Crippen molar-refractivity contribution in [1.29, 1.82) is 0 Å². The van der Waals surface area contributed by atoms with E-state index < -0.39 is 39.4 Å². The molecule has 0 radical (unpaired) electrons. The Morgan fingerprint density at radius 2 is 0.706 bits per heavy atom. The van der Waals surface area contributed by atoms with Crippen molar-refractivity contribution in [1.82, 2.24) is 4.44 Å². The van der Waals surface area contributed by atoms with Crippen molar-refractivity contribution in [2.75, 3.05) is 0 Å². The quantitative estimate of drug-likeness (QED) is 0.212. The van der Waals surface area contributed by atoms with Crippen molar-refractivity contribution >= 4 is 37.4 Å². The molecule has 0 aliphatic rings. The van der Waals surface area contributed by atoms with Crippen molar-refractivity contribution < 1.29 is 17.6 Å². The lowest BCUT2D eigenvalue weighted by atomic mass is 10.3. The summed E-state index contributed by atoms with van der Waals surface area (Å²) >= 11 is 0. The molecule has 7 heteroatoms. The number of nitrogens with zero attached hydrogens (tertiary/aromatic N) is 1. The Labute approximate surface area is 199 Å². The minimum atomic E-state index is -1.83. The van der Waals surface area contributed by atoms with Gasteiger partial charge in [0.15, 0.2) is 0 Å². The molecule has 0 atom stereocenters. The third kappa shape index (κ3) is 4.93. The maximum absolute atomic E-state index is 15.2. The van der Waals surface area contributed by atoms with E-state index in [1.807, 2.05) is 18.3 Å². The largest absolute Gasteiger partial charge is 0.242 e. The molecule has 0 amide bonds. The topological polar surface area (TPSA) is 3.24 Å². The Hall–Kier alpha value is -2.58. The second-order valence-corrected chi connectivity index (χ2v) is 12.2. The molecule has 4 aromatic carbocycles. The molecule has 34 heavy (non-hydrogen) atoms. The molecule has 4 aromatic rings. The van der Waals surface area contributed by atoms with Crippen LogP contribution in [0.3, 0.4) is 0 Å². The van der Waals surface area contributed by atoms with Crippen molar-refractivity contribution in [2.45, 2.75) is 19.9 Å². The fraction of sp³-hybridized carbons (Fsp3) is 0.111. The zero-order chi connectivity index (χ0) is 24.2. The highest BCUT2D eigenvalue weighted by Gasteiger charge is 2.38. The van der Waals surface area contributed by atoms with Crippen LogP contribution in [0.4, 0.5) is 17.6 Å². The van der Waals surface area contributed by atoms with Gasteiger partial charge in [0.2, 0.25) is 0 Å². The Bertz CT molecular complexity index is 1090. The van der Waals surface area contributed by atoms with Gasteiger partial charge < -0.3 is 0 Å². The smallest absolute Gasteiger partial charge is 0.132 e. The van der Waals surface area contributed by atoms with E-state index in [4.69, 9.17) is 0 Å². The molecule has 0 unspecified atom stereocenters. The van der Waals surface area contributed by atoms with E-state index >= 15 is 17.6 Å². The van der Waals surface area contributed by atoms with Crippen molar-refractivity contribution in [2.24, 2.45) is 0 Å². The van der Waals surface area contributed by atoms with Gasteiger partial charge in [-0.15, -0.1) is 0 Å². The van der Waals surface area contributed by atoms with Crippen LogP contribution in [0, 0.1) is 23.3 Å². The van der Waals surface area contributed by atoms with E-state index in [-0.39, 0.29) is 6.04 Å². The number of halogens is 4. The van der Waals surface area contributed by atoms with Crippen molar-refractivity contribution in [3.63, 3.8) is 0 Å². The van der Waals surface area contributed by atoms with Gasteiger partial charge in [-0.2, -0.15) is 0 Å². The van der Waals surface area contributed by atoms with Crippen LogP contribution in [-0.4, -0.2) is 10.5 Å². The molecule has 0 aliphatic heterocycles. The summed E-state index contributed by atoms with van der Waals surface area (Å²) in [5.74, 6) is -1.95. The van der Waals surface area contributed by atoms with Gasteiger partial charge in [0.25, 0.3) is 0 Å². The highest BCUT2D eigenvalue weighted by Crippen LogP contribution is 2.56. The van der Waals surface area contributed by atoms with E-state index in [0.29, 0.717) is 21.2 Å². The van der Waals surface area contributed by atoms with E-state index in [1.165, 1.54) is 24.3 Å². The number of rotatable bonds is 7. The van der Waals surface area contributed by atoms with Crippen LogP contribution >= 0.6 is 16.1 Å². The average Bonchev–Trinajstić information content (AvgIpc) is 2.82. The van der Waals surface area contributed by atoms with Gasteiger partial charge in [-0.05, 0) is 62.4 Å². The molecule has 174 valence electrons. The molecule has 0 fully saturated rings. The standard InChI is InChI=1S/C27H23F4NP2/c1-19(2)32(33(24-15-7-3-11-20(24)28)25-16-8-4-12-21(25)29)34(26-17-9-5-13-22(26)30)27-18-10-6-14-23(27)31/h3-19H,1-2H3. The van der Waals surface area contributed by atoms with E-state index in [9.17, 15) is 0 Å². The Kier molecular flexibility index (Phi) is 7.78. The van der Waals surface area contributed by atoms with E-state index in [2.05, 4.69) is 0 Å². The fourth-order valence-electron chi connectivity index (χ4n) is 3.75. The molecule has 0 spiro atoms. The predicted molar refractivity (Wildman–Crippen MR) is 135 cm³/mol. The molecule has 0 aromatic heterocycles.